The van der Waals surface area contributed by atoms with E-state index in [2.05, 4.69) is 11.1 Å². The van der Waals surface area contributed by atoms with E-state index in [0.29, 0.717) is 47.7 Å². The highest BCUT2D eigenvalue weighted by Crippen LogP contribution is 2.39. The predicted octanol–water partition coefficient (Wildman–Crippen LogP) is 5.92. The molecule has 2 fully saturated rings. The third-order valence-corrected chi connectivity index (χ3v) is 7.98. The maximum absolute atomic E-state index is 13.8. The average molecular weight is 574 g/mol. The summed E-state index contributed by atoms with van der Waals surface area (Å²) in [6.07, 6.45) is 2.27. The second kappa shape index (κ2) is 12.0. The molecule has 208 valence electrons. The van der Waals surface area contributed by atoms with Gasteiger partial charge in [-0.2, -0.15) is 5.26 Å². The minimum absolute atomic E-state index is 0.0273. The standard InChI is InChI=1S/C29H34Cl2N4O4/c1-18(38-26-10-7-19(13-32)14-33-26)22-16-35(17-23(22)20-8-9-24(30)25(31)12-20)27(36)21-6-5-11-34(15-21)28(37)39-29(2,3)4/h7-10,12,14,18,21-23H,5-6,11,15-17H2,1-4H3/t18-,21?,22+,23+/m0/s1. The van der Waals surface area contributed by atoms with Crippen molar-refractivity contribution in [2.24, 2.45) is 11.8 Å². The van der Waals surface area contributed by atoms with E-state index < -0.39 is 5.60 Å². The third kappa shape index (κ3) is 7.14. The van der Waals surface area contributed by atoms with Crippen molar-refractivity contribution in [3.8, 4) is 11.9 Å². The lowest BCUT2D eigenvalue weighted by atomic mass is 9.86. The Balaban J connectivity index is 1.52. The minimum atomic E-state index is -0.594. The van der Waals surface area contributed by atoms with E-state index in [4.69, 9.17) is 37.9 Å². The Morgan fingerprint density at radius 1 is 1.10 bits per heavy atom. The highest BCUT2D eigenvalue weighted by molar-refractivity contribution is 6.42. The highest BCUT2D eigenvalue weighted by Gasteiger charge is 2.43. The molecule has 0 N–H and O–H groups in total. The summed E-state index contributed by atoms with van der Waals surface area (Å²) in [5.41, 5.74) is 0.838. The lowest BCUT2D eigenvalue weighted by Gasteiger charge is -2.35. The van der Waals surface area contributed by atoms with Crippen molar-refractivity contribution in [1.82, 2.24) is 14.8 Å². The molecule has 4 rings (SSSR count). The Bertz CT molecular complexity index is 1240. The summed E-state index contributed by atoms with van der Waals surface area (Å²) < 4.78 is 11.7. The van der Waals surface area contributed by atoms with Crippen LogP contribution in [0.25, 0.3) is 0 Å². The Morgan fingerprint density at radius 2 is 1.87 bits per heavy atom. The zero-order valence-corrected chi connectivity index (χ0v) is 24.2. The van der Waals surface area contributed by atoms with E-state index in [1.807, 2.05) is 44.7 Å². The monoisotopic (exact) mass is 572 g/mol. The molecular formula is C29H34Cl2N4O4. The summed E-state index contributed by atoms with van der Waals surface area (Å²) >= 11 is 12.5. The first-order valence-electron chi connectivity index (χ1n) is 13.2. The number of likely N-dealkylation sites (tertiary alicyclic amines) is 2. The number of amides is 2. The smallest absolute Gasteiger partial charge is 0.410 e. The number of ether oxygens (including phenoxy) is 2. The fraction of sp³-hybridized carbons (Fsp3) is 0.517. The molecule has 2 saturated heterocycles. The molecule has 2 aromatic rings. The van der Waals surface area contributed by atoms with Gasteiger partial charge in [-0.1, -0.05) is 29.3 Å². The number of aromatic nitrogens is 1. The molecule has 2 amide bonds. The number of carbonyl (C=O) groups excluding carboxylic acids is 2. The molecule has 8 nitrogen and oxygen atoms in total. The van der Waals surface area contributed by atoms with Gasteiger partial charge >= 0.3 is 6.09 Å². The maximum atomic E-state index is 13.8. The van der Waals surface area contributed by atoms with Gasteiger partial charge in [0.2, 0.25) is 11.8 Å². The molecule has 4 atom stereocenters. The fourth-order valence-corrected chi connectivity index (χ4v) is 5.61. The van der Waals surface area contributed by atoms with E-state index in [9.17, 15) is 9.59 Å². The topological polar surface area (TPSA) is 95.8 Å². The van der Waals surface area contributed by atoms with Crippen LogP contribution in [0, 0.1) is 23.2 Å². The number of carbonyl (C=O) groups is 2. The van der Waals surface area contributed by atoms with Crippen molar-refractivity contribution in [2.45, 2.75) is 58.2 Å². The van der Waals surface area contributed by atoms with E-state index in [-0.39, 0.29) is 35.9 Å². The second-order valence-electron chi connectivity index (χ2n) is 11.3. The lowest BCUT2D eigenvalue weighted by molar-refractivity contribution is -0.136. The molecule has 10 heteroatoms. The minimum Gasteiger partial charge on any atom is -0.474 e. The molecule has 0 aliphatic carbocycles. The molecule has 2 aliphatic rings. The summed E-state index contributed by atoms with van der Waals surface area (Å²) in [6, 6.07) is 11.0. The summed E-state index contributed by atoms with van der Waals surface area (Å²) in [4.78, 5) is 34.2. The van der Waals surface area contributed by atoms with Crippen LogP contribution in [0.15, 0.2) is 36.5 Å². The van der Waals surface area contributed by atoms with Crippen LogP contribution < -0.4 is 4.74 Å². The largest absolute Gasteiger partial charge is 0.474 e. The van der Waals surface area contributed by atoms with Crippen LogP contribution in [0.4, 0.5) is 4.79 Å². The van der Waals surface area contributed by atoms with Crippen LogP contribution in [0.5, 0.6) is 5.88 Å². The molecule has 39 heavy (non-hydrogen) atoms. The van der Waals surface area contributed by atoms with Crippen LogP contribution in [0.2, 0.25) is 10.0 Å². The van der Waals surface area contributed by atoms with Gasteiger partial charge in [0.25, 0.3) is 0 Å². The normalized spacial score (nSPS) is 22.2. The molecule has 0 saturated carbocycles. The highest BCUT2D eigenvalue weighted by atomic mass is 35.5. The number of nitriles is 1. The van der Waals surface area contributed by atoms with Crippen molar-refractivity contribution >= 4 is 35.2 Å². The lowest BCUT2D eigenvalue weighted by Crippen LogP contribution is -2.47. The van der Waals surface area contributed by atoms with Crippen molar-refractivity contribution < 1.29 is 19.1 Å². The zero-order chi connectivity index (χ0) is 28.3. The Kier molecular flexibility index (Phi) is 8.93. The van der Waals surface area contributed by atoms with E-state index in [1.165, 1.54) is 6.20 Å². The van der Waals surface area contributed by atoms with Gasteiger partial charge in [-0.15, -0.1) is 0 Å². The van der Waals surface area contributed by atoms with Crippen LogP contribution >= 0.6 is 23.2 Å². The number of halogens is 2. The zero-order valence-electron chi connectivity index (χ0n) is 22.7. The molecule has 1 unspecified atom stereocenters. The van der Waals surface area contributed by atoms with Crippen LogP contribution in [0.1, 0.15) is 57.6 Å². The number of rotatable bonds is 5. The van der Waals surface area contributed by atoms with Crippen LogP contribution in [-0.2, 0) is 9.53 Å². The first kappa shape index (κ1) is 29.0. The number of pyridine rings is 1. The molecule has 0 spiro atoms. The van der Waals surface area contributed by atoms with Crippen LogP contribution in [-0.4, -0.2) is 64.7 Å². The van der Waals surface area contributed by atoms with Gasteiger partial charge in [-0.05, 0) is 64.3 Å². The summed E-state index contributed by atoms with van der Waals surface area (Å²) in [7, 11) is 0. The van der Waals surface area contributed by atoms with E-state index in [1.54, 1.807) is 23.1 Å². The van der Waals surface area contributed by atoms with Gasteiger partial charge in [-0.25, -0.2) is 9.78 Å². The van der Waals surface area contributed by atoms with Gasteiger partial charge in [0, 0.05) is 50.3 Å². The molecule has 0 radical (unpaired) electrons. The summed E-state index contributed by atoms with van der Waals surface area (Å²) in [6.45, 7) is 9.38. The van der Waals surface area contributed by atoms with Crippen molar-refractivity contribution in [1.29, 1.82) is 5.26 Å². The molecule has 1 aromatic heterocycles. The number of hydrogen-bond donors (Lipinski definition) is 0. The third-order valence-electron chi connectivity index (χ3n) is 7.25. The molecule has 2 aliphatic heterocycles. The Morgan fingerprint density at radius 3 is 2.51 bits per heavy atom. The Hall–Kier alpha value is -3.02. The van der Waals surface area contributed by atoms with E-state index in [0.717, 1.165) is 18.4 Å². The fourth-order valence-electron chi connectivity index (χ4n) is 5.30. The predicted molar refractivity (Wildman–Crippen MR) is 149 cm³/mol. The van der Waals surface area contributed by atoms with Crippen molar-refractivity contribution in [3.05, 3.63) is 57.7 Å². The molecular weight excluding hydrogens is 539 g/mol. The number of piperidine rings is 1. The van der Waals surface area contributed by atoms with Gasteiger partial charge in [0.05, 0.1) is 21.5 Å². The first-order chi connectivity index (χ1) is 18.4. The van der Waals surface area contributed by atoms with Crippen molar-refractivity contribution in [2.75, 3.05) is 26.2 Å². The number of benzene rings is 1. The SMILES string of the molecule is C[C@H](Oc1ccc(C#N)cn1)[C@H]1CN(C(=O)C2CCCN(C(=O)OC(C)(C)C)C2)C[C@@H]1c1ccc(Cl)c(Cl)c1. The van der Waals surface area contributed by atoms with E-state index >= 15 is 0 Å². The second-order valence-corrected chi connectivity index (χ2v) is 12.1. The molecule has 0 bridgehead atoms. The van der Waals surface area contributed by atoms with Gasteiger partial charge in [0.1, 0.15) is 17.8 Å². The van der Waals surface area contributed by atoms with Gasteiger partial charge in [0.15, 0.2) is 0 Å². The van der Waals surface area contributed by atoms with Crippen LogP contribution in [0.3, 0.4) is 0 Å². The number of nitrogens with zero attached hydrogens (tertiary/aromatic N) is 4. The molecule has 1 aromatic carbocycles. The molecule has 3 heterocycles. The van der Waals surface area contributed by atoms with Crippen molar-refractivity contribution in [3.63, 3.8) is 0 Å². The average Bonchev–Trinajstić information content (AvgIpc) is 3.35. The maximum Gasteiger partial charge on any atom is 0.410 e. The van der Waals surface area contributed by atoms with Gasteiger partial charge < -0.3 is 19.3 Å². The van der Waals surface area contributed by atoms with Gasteiger partial charge in [-0.3, -0.25) is 4.79 Å². The first-order valence-corrected chi connectivity index (χ1v) is 13.9. The summed E-state index contributed by atoms with van der Waals surface area (Å²) in [5.74, 6) is 0.0617. The summed E-state index contributed by atoms with van der Waals surface area (Å²) in [5, 5.41) is 9.98. The number of hydrogen-bond acceptors (Lipinski definition) is 6. The Labute approximate surface area is 239 Å². The quantitative estimate of drug-likeness (QED) is 0.441.